The second-order valence-electron chi connectivity index (χ2n) is 7.82. The van der Waals surface area contributed by atoms with Crippen LogP contribution in [0, 0.1) is 17.3 Å². The molecule has 4 nitrogen and oxygen atoms in total. The van der Waals surface area contributed by atoms with Crippen LogP contribution in [-0.2, 0) is 4.79 Å². The van der Waals surface area contributed by atoms with E-state index in [2.05, 4.69) is 17.9 Å². The number of aliphatic hydroxyl groups excluding tert-OH is 1. The highest BCUT2D eigenvalue weighted by molar-refractivity contribution is 5.69. The Balaban J connectivity index is 1.61. The van der Waals surface area contributed by atoms with Gasteiger partial charge in [0.1, 0.15) is 12.4 Å². The number of rotatable bonds is 6. The van der Waals surface area contributed by atoms with E-state index in [0.717, 1.165) is 43.4 Å². The summed E-state index contributed by atoms with van der Waals surface area (Å²) in [5.74, 6) is 5.41. The van der Waals surface area contributed by atoms with Gasteiger partial charge in [0.25, 0.3) is 0 Å². The molecule has 1 fully saturated rings. The second kappa shape index (κ2) is 8.63. The number of ether oxygens (including phenoxy) is 1. The average Bonchev–Trinajstić information content (AvgIpc) is 2.99. The first-order chi connectivity index (χ1) is 13.0. The number of carboxylic acids is 1. The number of carboxylic acid groups (broad SMARTS) is 1. The molecule has 4 heteroatoms. The molecule has 0 heterocycles. The Morgan fingerprint density at radius 1 is 1.33 bits per heavy atom. The van der Waals surface area contributed by atoms with Crippen molar-refractivity contribution in [2.24, 2.45) is 5.41 Å². The minimum atomic E-state index is -0.849. The lowest BCUT2D eigenvalue weighted by atomic mass is 9.75. The predicted molar refractivity (Wildman–Crippen MR) is 105 cm³/mol. The number of hydrogen-bond donors (Lipinski definition) is 2. The molecular weight excluding hydrogens is 340 g/mol. The predicted octanol–water partition coefficient (Wildman–Crippen LogP) is 4.29. The van der Waals surface area contributed by atoms with Gasteiger partial charge in [-0.25, -0.2) is 0 Å². The first-order valence-corrected chi connectivity index (χ1v) is 9.75. The van der Waals surface area contributed by atoms with Crippen molar-refractivity contribution in [1.29, 1.82) is 0 Å². The number of carbonyl (C=O) groups is 1. The normalized spacial score (nSPS) is 25.4. The van der Waals surface area contributed by atoms with Crippen molar-refractivity contribution in [1.82, 2.24) is 0 Å². The Morgan fingerprint density at radius 2 is 2.11 bits per heavy atom. The molecule has 2 N–H and O–H groups in total. The molecule has 0 aromatic heterocycles. The van der Waals surface area contributed by atoms with Gasteiger partial charge in [-0.05, 0) is 74.1 Å². The summed E-state index contributed by atoms with van der Waals surface area (Å²) in [5, 5.41) is 18.9. The highest BCUT2D eigenvalue weighted by Crippen LogP contribution is 2.47. The third-order valence-electron chi connectivity index (χ3n) is 5.70. The van der Waals surface area contributed by atoms with Gasteiger partial charge in [0.2, 0.25) is 0 Å². The van der Waals surface area contributed by atoms with Gasteiger partial charge in [-0.15, -0.1) is 5.92 Å². The van der Waals surface area contributed by atoms with E-state index >= 15 is 0 Å². The Labute approximate surface area is 161 Å². The number of aliphatic hydroxyl groups is 1. The van der Waals surface area contributed by atoms with Crippen LogP contribution in [0.15, 0.2) is 35.9 Å². The van der Waals surface area contributed by atoms with Gasteiger partial charge >= 0.3 is 5.97 Å². The topological polar surface area (TPSA) is 66.8 Å². The van der Waals surface area contributed by atoms with Gasteiger partial charge in [0, 0.05) is 0 Å². The fraction of sp³-hybridized carbons (Fsp3) is 0.522. The Morgan fingerprint density at radius 3 is 2.74 bits per heavy atom. The molecular formula is C23H28O4. The standard InChI is InChI=1S/C23H28O4/c1-2-4-19(13-22(25)26)18-6-8-21(9-7-18)27-16-17-5-3-11-23(14-17)12-10-20(24)15-23/h6-9,14,19-20,24H,3,5,10-13,15-16H2,1H3,(H,25,26)/t19-,20+,23-/m0/s1. The van der Waals surface area contributed by atoms with Crippen LogP contribution in [-0.4, -0.2) is 28.9 Å². The molecule has 0 aliphatic heterocycles. The molecule has 0 saturated heterocycles. The molecule has 0 unspecified atom stereocenters. The van der Waals surface area contributed by atoms with Crippen molar-refractivity contribution < 1.29 is 19.7 Å². The molecule has 144 valence electrons. The smallest absolute Gasteiger partial charge is 0.304 e. The van der Waals surface area contributed by atoms with Crippen LogP contribution in [0.25, 0.3) is 0 Å². The van der Waals surface area contributed by atoms with E-state index in [9.17, 15) is 9.90 Å². The van der Waals surface area contributed by atoms with Gasteiger partial charge in [-0.2, -0.15) is 0 Å². The molecule has 2 aliphatic rings. The average molecular weight is 368 g/mol. The maximum Gasteiger partial charge on any atom is 0.304 e. The highest BCUT2D eigenvalue weighted by Gasteiger charge is 2.38. The van der Waals surface area contributed by atoms with E-state index < -0.39 is 5.97 Å². The van der Waals surface area contributed by atoms with E-state index in [1.54, 1.807) is 6.92 Å². The maximum absolute atomic E-state index is 11.0. The van der Waals surface area contributed by atoms with Crippen molar-refractivity contribution >= 4 is 5.97 Å². The zero-order chi connectivity index (χ0) is 19.3. The van der Waals surface area contributed by atoms with E-state index in [0.29, 0.717) is 6.61 Å². The first-order valence-electron chi connectivity index (χ1n) is 9.75. The van der Waals surface area contributed by atoms with Gasteiger partial charge in [0.15, 0.2) is 0 Å². The van der Waals surface area contributed by atoms with Gasteiger partial charge in [0.05, 0.1) is 18.4 Å². The molecule has 1 spiro atoms. The number of hydrogen-bond acceptors (Lipinski definition) is 3. The van der Waals surface area contributed by atoms with Gasteiger partial charge in [-0.1, -0.05) is 24.1 Å². The molecule has 2 aliphatic carbocycles. The summed E-state index contributed by atoms with van der Waals surface area (Å²) in [6.07, 6.45) is 8.47. The van der Waals surface area contributed by atoms with Crippen molar-refractivity contribution in [3.63, 3.8) is 0 Å². The van der Waals surface area contributed by atoms with Crippen molar-refractivity contribution in [3.8, 4) is 17.6 Å². The molecule has 27 heavy (non-hydrogen) atoms. The minimum absolute atomic E-state index is 0.00185. The molecule has 1 saturated carbocycles. The van der Waals surface area contributed by atoms with Crippen LogP contribution in [0.1, 0.15) is 63.4 Å². The molecule has 3 rings (SSSR count). The van der Waals surface area contributed by atoms with Crippen LogP contribution in [0.4, 0.5) is 0 Å². The third kappa shape index (κ3) is 5.14. The zero-order valence-corrected chi connectivity index (χ0v) is 15.9. The fourth-order valence-corrected chi connectivity index (χ4v) is 4.42. The lowest BCUT2D eigenvalue weighted by Gasteiger charge is -2.31. The summed E-state index contributed by atoms with van der Waals surface area (Å²) in [6.45, 7) is 2.30. The molecule has 3 atom stereocenters. The number of benzene rings is 1. The molecule has 1 aromatic carbocycles. The fourth-order valence-electron chi connectivity index (χ4n) is 4.42. The van der Waals surface area contributed by atoms with E-state index in [1.165, 1.54) is 12.0 Å². The van der Waals surface area contributed by atoms with E-state index in [4.69, 9.17) is 9.84 Å². The van der Waals surface area contributed by atoms with Crippen LogP contribution in [0.2, 0.25) is 0 Å². The van der Waals surface area contributed by atoms with Crippen LogP contribution < -0.4 is 4.74 Å². The first kappa shape index (κ1) is 19.5. The van der Waals surface area contributed by atoms with E-state index in [1.807, 2.05) is 24.3 Å². The number of allylic oxidation sites excluding steroid dienone is 1. The van der Waals surface area contributed by atoms with Crippen LogP contribution in [0.3, 0.4) is 0 Å². The Hall–Kier alpha value is -2.25. The highest BCUT2D eigenvalue weighted by atomic mass is 16.5. The molecule has 1 aromatic rings. The number of aliphatic carboxylic acids is 1. The van der Waals surface area contributed by atoms with Crippen LogP contribution in [0.5, 0.6) is 5.75 Å². The molecule has 0 bridgehead atoms. The van der Waals surface area contributed by atoms with Gasteiger partial charge < -0.3 is 14.9 Å². The summed E-state index contributed by atoms with van der Waals surface area (Å²) in [7, 11) is 0. The summed E-state index contributed by atoms with van der Waals surface area (Å²) < 4.78 is 5.97. The van der Waals surface area contributed by atoms with Crippen LogP contribution >= 0.6 is 0 Å². The van der Waals surface area contributed by atoms with Gasteiger partial charge in [-0.3, -0.25) is 4.79 Å². The van der Waals surface area contributed by atoms with E-state index in [-0.39, 0.29) is 23.9 Å². The minimum Gasteiger partial charge on any atom is -0.489 e. The Kier molecular flexibility index (Phi) is 6.23. The summed E-state index contributed by atoms with van der Waals surface area (Å²) >= 11 is 0. The molecule has 0 amide bonds. The second-order valence-corrected chi connectivity index (χ2v) is 7.82. The lowest BCUT2D eigenvalue weighted by molar-refractivity contribution is -0.137. The van der Waals surface area contributed by atoms with Crippen molar-refractivity contribution in [3.05, 3.63) is 41.5 Å². The quantitative estimate of drug-likeness (QED) is 0.581. The van der Waals surface area contributed by atoms with Crippen molar-refractivity contribution in [2.75, 3.05) is 6.61 Å². The SMILES string of the molecule is CC#C[C@@H](CC(=O)O)c1ccc(OCC2=C[C@]3(CCC2)CC[C@@H](O)C3)cc1. The monoisotopic (exact) mass is 368 g/mol. The lowest BCUT2D eigenvalue weighted by Crippen LogP contribution is -2.21. The summed E-state index contributed by atoms with van der Waals surface area (Å²) in [5.41, 5.74) is 2.40. The third-order valence-corrected chi connectivity index (χ3v) is 5.70. The summed E-state index contributed by atoms with van der Waals surface area (Å²) in [4.78, 5) is 11.0. The zero-order valence-electron chi connectivity index (χ0n) is 15.9. The summed E-state index contributed by atoms with van der Waals surface area (Å²) in [6, 6.07) is 7.58. The molecule has 0 radical (unpaired) electrons. The van der Waals surface area contributed by atoms with Crippen molar-refractivity contribution in [2.45, 2.75) is 63.9 Å². The largest absolute Gasteiger partial charge is 0.489 e. The Bertz CT molecular complexity index is 753. The maximum atomic E-state index is 11.0.